The number of piperidine rings is 1. The number of benzene rings is 2. The van der Waals surface area contributed by atoms with Crippen molar-refractivity contribution >= 4 is 23.1 Å². The SMILES string of the molecule is COc1ccc(C(=O)CCC(=O)Nc2cc(N3CCCCC3)ccc2OC)cc1. The fourth-order valence-corrected chi connectivity index (χ4v) is 3.50. The number of ether oxygens (including phenoxy) is 2. The van der Waals surface area contributed by atoms with E-state index in [1.165, 1.54) is 19.3 Å². The van der Waals surface area contributed by atoms with Crippen molar-refractivity contribution in [1.29, 1.82) is 0 Å². The summed E-state index contributed by atoms with van der Waals surface area (Å²) in [6.07, 6.45) is 3.88. The molecule has 3 rings (SSSR count). The largest absolute Gasteiger partial charge is 0.497 e. The first-order valence-corrected chi connectivity index (χ1v) is 10.0. The van der Waals surface area contributed by atoms with Crippen LogP contribution in [0.4, 0.5) is 11.4 Å². The van der Waals surface area contributed by atoms with Gasteiger partial charge in [0.15, 0.2) is 5.78 Å². The molecule has 0 saturated carbocycles. The summed E-state index contributed by atoms with van der Waals surface area (Å²) < 4.78 is 10.5. The van der Waals surface area contributed by atoms with Gasteiger partial charge in [0.25, 0.3) is 0 Å². The quantitative estimate of drug-likeness (QED) is 0.674. The lowest BCUT2D eigenvalue weighted by atomic mass is 10.1. The van der Waals surface area contributed by atoms with Gasteiger partial charge >= 0.3 is 0 Å². The smallest absolute Gasteiger partial charge is 0.224 e. The van der Waals surface area contributed by atoms with Crippen LogP contribution in [0.15, 0.2) is 42.5 Å². The second-order valence-corrected chi connectivity index (χ2v) is 7.13. The van der Waals surface area contributed by atoms with Crippen molar-refractivity contribution in [1.82, 2.24) is 0 Å². The minimum atomic E-state index is -0.207. The third-order valence-corrected chi connectivity index (χ3v) is 5.17. The maximum atomic E-state index is 12.5. The van der Waals surface area contributed by atoms with Crippen LogP contribution in [-0.2, 0) is 4.79 Å². The lowest BCUT2D eigenvalue weighted by molar-refractivity contribution is -0.116. The summed E-state index contributed by atoms with van der Waals surface area (Å²) in [5.74, 6) is 1.03. The van der Waals surface area contributed by atoms with Crippen molar-refractivity contribution < 1.29 is 19.1 Å². The number of nitrogens with zero attached hydrogens (tertiary/aromatic N) is 1. The third kappa shape index (κ3) is 5.50. The van der Waals surface area contributed by atoms with E-state index < -0.39 is 0 Å². The minimum Gasteiger partial charge on any atom is -0.497 e. The highest BCUT2D eigenvalue weighted by molar-refractivity contribution is 6.00. The second-order valence-electron chi connectivity index (χ2n) is 7.13. The predicted molar refractivity (Wildman–Crippen MR) is 114 cm³/mol. The summed E-state index contributed by atoms with van der Waals surface area (Å²) in [5, 5.41) is 2.90. The Balaban J connectivity index is 1.60. The molecule has 1 saturated heterocycles. The number of nitrogens with one attached hydrogen (secondary N) is 1. The second kappa shape index (κ2) is 9.96. The van der Waals surface area contributed by atoms with E-state index in [1.807, 2.05) is 18.2 Å². The Morgan fingerprint density at radius 3 is 2.31 bits per heavy atom. The summed E-state index contributed by atoms with van der Waals surface area (Å²) >= 11 is 0. The molecule has 1 amide bonds. The van der Waals surface area contributed by atoms with Crippen LogP contribution in [-0.4, -0.2) is 39.0 Å². The topological polar surface area (TPSA) is 67.9 Å². The molecule has 6 heteroatoms. The number of hydrogen-bond acceptors (Lipinski definition) is 5. The van der Waals surface area contributed by atoms with Gasteiger partial charge in [0, 0.05) is 37.2 Å². The van der Waals surface area contributed by atoms with Gasteiger partial charge in [0.2, 0.25) is 5.91 Å². The van der Waals surface area contributed by atoms with Crippen molar-refractivity contribution in [3.8, 4) is 11.5 Å². The van der Waals surface area contributed by atoms with Gasteiger partial charge in [-0.05, 0) is 61.7 Å². The van der Waals surface area contributed by atoms with E-state index in [-0.39, 0.29) is 24.5 Å². The highest BCUT2D eigenvalue weighted by Crippen LogP contribution is 2.31. The Hall–Kier alpha value is -3.02. The molecule has 1 aliphatic heterocycles. The molecule has 154 valence electrons. The molecule has 6 nitrogen and oxygen atoms in total. The Morgan fingerprint density at radius 1 is 0.931 bits per heavy atom. The molecule has 1 N–H and O–H groups in total. The number of carbonyl (C=O) groups excluding carboxylic acids is 2. The fraction of sp³-hybridized carbons (Fsp3) is 0.391. The lowest BCUT2D eigenvalue weighted by Gasteiger charge is -2.29. The molecule has 0 aromatic heterocycles. The van der Waals surface area contributed by atoms with Crippen LogP contribution in [0.5, 0.6) is 11.5 Å². The van der Waals surface area contributed by atoms with Crippen LogP contribution >= 0.6 is 0 Å². The van der Waals surface area contributed by atoms with Crippen LogP contribution in [0.3, 0.4) is 0 Å². The molecular weight excluding hydrogens is 368 g/mol. The molecule has 0 bridgehead atoms. The summed E-state index contributed by atoms with van der Waals surface area (Å²) in [7, 11) is 3.16. The molecule has 2 aromatic rings. The highest BCUT2D eigenvalue weighted by Gasteiger charge is 2.15. The molecule has 1 fully saturated rings. The molecule has 1 heterocycles. The number of amides is 1. The number of Topliss-reactive ketones (excluding diaryl/α,β-unsaturated/α-hetero) is 1. The van der Waals surface area contributed by atoms with Crippen molar-refractivity contribution in [2.75, 3.05) is 37.5 Å². The molecule has 29 heavy (non-hydrogen) atoms. The molecule has 0 atom stereocenters. The number of carbonyl (C=O) groups is 2. The first-order valence-electron chi connectivity index (χ1n) is 10.0. The van der Waals surface area contributed by atoms with Crippen molar-refractivity contribution in [2.24, 2.45) is 0 Å². The average molecular weight is 396 g/mol. The number of methoxy groups -OCH3 is 2. The molecule has 2 aromatic carbocycles. The van der Waals surface area contributed by atoms with Crippen LogP contribution in [0.2, 0.25) is 0 Å². The zero-order valence-corrected chi connectivity index (χ0v) is 17.1. The Morgan fingerprint density at radius 2 is 1.66 bits per heavy atom. The van der Waals surface area contributed by atoms with Gasteiger partial charge in [-0.3, -0.25) is 9.59 Å². The summed E-state index contributed by atoms with van der Waals surface area (Å²) in [5.41, 5.74) is 2.29. The maximum absolute atomic E-state index is 12.5. The minimum absolute atomic E-state index is 0.0724. The van der Waals surface area contributed by atoms with E-state index in [1.54, 1.807) is 38.5 Å². The third-order valence-electron chi connectivity index (χ3n) is 5.17. The number of ketones is 1. The average Bonchev–Trinajstić information content (AvgIpc) is 2.78. The standard InChI is InChI=1S/C23H28N2O4/c1-28-19-9-6-17(7-10-19)21(26)11-13-23(27)24-20-16-18(8-12-22(20)29-2)25-14-4-3-5-15-25/h6-10,12,16H,3-5,11,13-15H2,1-2H3,(H,24,27). The van der Waals surface area contributed by atoms with Crippen LogP contribution in [0.1, 0.15) is 42.5 Å². The molecular formula is C23H28N2O4. The monoisotopic (exact) mass is 396 g/mol. The summed E-state index contributed by atoms with van der Waals surface area (Å²) in [6.45, 7) is 2.05. The van der Waals surface area contributed by atoms with Gasteiger partial charge in [-0.25, -0.2) is 0 Å². The van der Waals surface area contributed by atoms with Crippen LogP contribution in [0.25, 0.3) is 0 Å². The molecule has 0 spiro atoms. The zero-order chi connectivity index (χ0) is 20.6. The predicted octanol–water partition coefficient (Wildman–Crippen LogP) is 4.30. The van der Waals surface area contributed by atoms with E-state index in [4.69, 9.17) is 9.47 Å². The van der Waals surface area contributed by atoms with Crippen LogP contribution < -0.4 is 19.7 Å². The summed E-state index contributed by atoms with van der Waals surface area (Å²) in [6, 6.07) is 12.8. The number of rotatable bonds is 8. The molecule has 1 aliphatic rings. The van der Waals surface area contributed by atoms with E-state index in [0.29, 0.717) is 22.7 Å². The maximum Gasteiger partial charge on any atom is 0.224 e. The zero-order valence-electron chi connectivity index (χ0n) is 17.1. The van der Waals surface area contributed by atoms with Gasteiger partial charge in [0.1, 0.15) is 11.5 Å². The fourth-order valence-electron chi connectivity index (χ4n) is 3.50. The number of hydrogen-bond donors (Lipinski definition) is 1. The molecule has 0 aliphatic carbocycles. The summed E-state index contributed by atoms with van der Waals surface area (Å²) in [4.78, 5) is 27.1. The van der Waals surface area contributed by atoms with Crippen LogP contribution in [0, 0.1) is 0 Å². The normalized spacial score (nSPS) is 13.7. The van der Waals surface area contributed by atoms with E-state index in [9.17, 15) is 9.59 Å². The Kier molecular flexibility index (Phi) is 7.11. The van der Waals surface area contributed by atoms with E-state index >= 15 is 0 Å². The number of anilines is 2. The van der Waals surface area contributed by atoms with E-state index in [0.717, 1.165) is 18.8 Å². The van der Waals surface area contributed by atoms with Gasteiger partial charge < -0.3 is 19.7 Å². The Bertz CT molecular complexity index is 842. The first kappa shape index (κ1) is 20.7. The van der Waals surface area contributed by atoms with Gasteiger partial charge in [-0.1, -0.05) is 0 Å². The van der Waals surface area contributed by atoms with Crippen molar-refractivity contribution in [3.63, 3.8) is 0 Å². The molecule has 0 unspecified atom stereocenters. The first-order chi connectivity index (χ1) is 14.1. The molecule has 0 radical (unpaired) electrons. The highest BCUT2D eigenvalue weighted by atomic mass is 16.5. The van der Waals surface area contributed by atoms with Gasteiger partial charge in [-0.15, -0.1) is 0 Å². The van der Waals surface area contributed by atoms with E-state index in [2.05, 4.69) is 10.2 Å². The van der Waals surface area contributed by atoms with Gasteiger partial charge in [-0.2, -0.15) is 0 Å². The van der Waals surface area contributed by atoms with Gasteiger partial charge in [0.05, 0.1) is 19.9 Å². The lowest BCUT2D eigenvalue weighted by Crippen LogP contribution is -2.29. The van der Waals surface area contributed by atoms with Crippen molar-refractivity contribution in [3.05, 3.63) is 48.0 Å². The Labute approximate surface area is 171 Å². The van der Waals surface area contributed by atoms with Crippen molar-refractivity contribution in [2.45, 2.75) is 32.1 Å².